The van der Waals surface area contributed by atoms with Gasteiger partial charge in [-0.2, -0.15) is 0 Å². The second-order valence-corrected chi connectivity index (χ2v) is 14.4. The van der Waals surface area contributed by atoms with Gasteiger partial charge in [0.25, 0.3) is 0 Å². The smallest absolute Gasteiger partial charge is 0.311 e. The first-order valence-corrected chi connectivity index (χ1v) is 14.5. The van der Waals surface area contributed by atoms with Crippen molar-refractivity contribution in [3.8, 4) is 0 Å². The maximum Gasteiger partial charge on any atom is 0.311 e. The van der Waals surface area contributed by atoms with Crippen molar-refractivity contribution in [1.29, 1.82) is 0 Å². The Bertz CT molecular complexity index is 1220. The van der Waals surface area contributed by atoms with Crippen LogP contribution in [-0.4, -0.2) is 21.9 Å². The predicted molar refractivity (Wildman–Crippen MR) is 159 cm³/mol. The molecule has 190 valence electrons. The first-order chi connectivity index (χ1) is 16.2. The molecule has 0 aliphatic carbocycles. The van der Waals surface area contributed by atoms with Crippen molar-refractivity contribution in [2.75, 3.05) is 6.61 Å². The average molecular weight is 626 g/mol. The van der Waals surface area contributed by atoms with Crippen molar-refractivity contribution >= 4 is 62.8 Å². The molecule has 0 aliphatic rings. The van der Waals surface area contributed by atoms with Gasteiger partial charge in [-0.1, -0.05) is 58.4 Å². The van der Waals surface area contributed by atoms with Crippen LogP contribution in [0.2, 0.25) is 5.02 Å². The summed E-state index contributed by atoms with van der Waals surface area (Å²) in [4.78, 5) is 14.2. The van der Waals surface area contributed by atoms with Gasteiger partial charge in [0.2, 0.25) is 0 Å². The Morgan fingerprint density at radius 1 is 1.11 bits per heavy atom. The van der Waals surface area contributed by atoms with Gasteiger partial charge >= 0.3 is 5.97 Å². The van der Waals surface area contributed by atoms with Gasteiger partial charge < -0.3 is 9.30 Å². The minimum Gasteiger partial charge on any atom is -0.466 e. The number of rotatable bonds is 8. The molecule has 0 spiro atoms. The summed E-state index contributed by atoms with van der Waals surface area (Å²) in [6.07, 6.45) is 0.598. The number of esters is 1. The van der Waals surface area contributed by atoms with Crippen LogP contribution in [0.3, 0.4) is 0 Å². The largest absolute Gasteiger partial charge is 0.466 e. The minimum absolute atomic E-state index is 0.0193. The third-order valence-electron chi connectivity index (χ3n) is 5.98. The molecule has 0 saturated carbocycles. The molecule has 6 heteroatoms. The molecule has 0 N–H and O–H groups in total. The molecule has 0 atom stereocenters. The number of carbonyl (C=O) groups excluding carboxylic acids is 1. The van der Waals surface area contributed by atoms with E-state index >= 15 is 0 Å². The highest BCUT2D eigenvalue weighted by atomic mass is 127. The summed E-state index contributed by atoms with van der Waals surface area (Å²) in [6, 6.07) is 13.0. The summed E-state index contributed by atoms with van der Waals surface area (Å²) in [7, 11) is 0. The molecule has 3 rings (SSSR count). The minimum atomic E-state index is -0.648. The molecular formula is C29H37ClINO2S. The van der Waals surface area contributed by atoms with Gasteiger partial charge in [0.15, 0.2) is 0 Å². The maximum atomic E-state index is 12.9. The number of hydrogen-bond donors (Lipinski definition) is 0. The van der Waals surface area contributed by atoms with Crippen molar-refractivity contribution in [2.24, 2.45) is 5.41 Å². The monoisotopic (exact) mass is 625 g/mol. The van der Waals surface area contributed by atoms with Gasteiger partial charge in [-0.25, -0.2) is 0 Å². The Balaban J connectivity index is 2.29. The third kappa shape index (κ3) is 6.78. The summed E-state index contributed by atoms with van der Waals surface area (Å²) in [5, 5.41) is 2.02. The molecule has 35 heavy (non-hydrogen) atoms. The number of carbonyl (C=O) groups is 1. The lowest BCUT2D eigenvalue weighted by molar-refractivity contribution is -0.153. The lowest BCUT2D eigenvalue weighted by atomic mass is 9.87. The van der Waals surface area contributed by atoms with E-state index in [0.717, 1.165) is 8.59 Å². The SMILES string of the molecule is CCOC(=O)C(C)(C)Cc1c(SC(C)(C)C)c2cc(C(C)C)ccc2n1Cc1ccc(Cl)c(I)c1. The number of thioether (sulfide) groups is 1. The first-order valence-electron chi connectivity index (χ1n) is 12.2. The van der Waals surface area contributed by atoms with Crippen molar-refractivity contribution in [3.05, 3.63) is 61.8 Å². The normalized spacial score (nSPS) is 12.5. The van der Waals surface area contributed by atoms with Gasteiger partial charge in [0.1, 0.15) is 0 Å². The van der Waals surface area contributed by atoms with Crippen LogP contribution in [0.15, 0.2) is 41.3 Å². The van der Waals surface area contributed by atoms with Crippen LogP contribution >= 0.6 is 46.0 Å². The van der Waals surface area contributed by atoms with Crippen molar-refractivity contribution in [1.82, 2.24) is 4.57 Å². The quantitative estimate of drug-likeness (QED) is 0.142. The summed E-state index contributed by atoms with van der Waals surface area (Å²) in [5.74, 6) is 0.278. The second-order valence-electron chi connectivity index (χ2n) is 11.0. The van der Waals surface area contributed by atoms with E-state index in [-0.39, 0.29) is 10.7 Å². The van der Waals surface area contributed by atoms with E-state index in [1.54, 1.807) is 0 Å². The lowest BCUT2D eigenvalue weighted by Crippen LogP contribution is -2.30. The molecule has 0 bridgehead atoms. The molecular weight excluding hydrogens is 589 g/mol. The van der Waals surface area contributed by atoms with Crippen molar-refractivity contribution in [2.45, 2.75) is 83.9 Å². The predicted octanol–water partition coefficient (Wildman–Crippen LogP) is 9.09. The molecule has 1 aromatic heterocycles. The molecule has 0 amide bonds. The van der Waals surface area contributed by atoms with Gasteiger partial charge in [0, 0.05) is 42.8 Å². The Hall–Kier alpha value is -1.18. The zero-order chi connectivity index (χ0) is 26.1. The van der Waals surface area contributed by atoms with Gasteiger partial charge in [-0.3, -0.25) is 4.79 Å². The fourth-order valence-corrected chi connectivity index (χ4v) is 6.05. The number of halogens is 2. The number of nitrogens with zero attached hydrogens (tertiary/aromatic N) is 1. The van der Waals surface area contributed by atoms with Gasteiger partial charge in [-0.05, 0) is 84.7 Å². The number of benzene rings is 2. The molecule has 0 saturated heterocycles. The summed E-state index contributed by atoms with van der Waals surface area (Å²) in [6.45, 7) is 18.1. The van der Waals surface area contributed by atoms with Crippen LogP contribution in [0.5, 0.6) is 0 Å². The second kappa shape index (κ2) is 11.1. The standard InChI is InChI=1S/C29H37ClINO2S/c1-9-34-27(33)29(7,8)16-25-26(35-28(4,5)6)21-15-20(18(2)3)11-13-24(21)32(25)17-19-10-12-22(30)23(31)14-19/h10-15,18H,9,16-17H2,1-8H3. The lowest BCUT2D eigenvalue weighted by Gasteiger charge is -2.26. The van der Waals surface area contributed by atoms with E-state index in [4.69, 9.17) is 16.3 Å². The van der Waals surface area contributed by atoms with Crippen LogP contribution in [-0.2, 0) is 22.5 Å². The van der Waals surface area contributed by atoms with Crippen LogP contribution < -0.4 is 0 Å². The third-order valence-corrected chi connectivity index (χ3v) is 8.79. The molecule has 2 aromatic carbocycles. The van der Waals surface area contributed by atoms with E-state index < -0.39 is 5.41 Å². The Kier molecular flexibility index (Phi) is 8.97. The molecule has 0 radical (unpaired) electrons. The molecule has 0 aliphatic heterocycles. The van der Waals surface area contributed by atoms with E-state index in [2.05, 4.69) is 92.1 Å². The molecule has 0 fully saturated rings. The van der Waals surface area contributed by atoms with E-state index in [1.165, 1.54) is 32.6 Å². The highest BCUT2D eigenvalue weighted by Gasteiger charge is 2.34. The highest BCUT2D eigenvalue weighted by Crippen LogP contribution is 2.44. The van der Waals surface area contributed by atoms with Crippen LogP contribution in [0.25, 0.3) is 10.9 Å². The zero-order valence-corrected chi connectivity index (χ0v) is 25.8. The number of fused-ring (bicyclic) bond motifs is 1. The Labute approximate surface area is 233 Å². The number of ether oxygens (including phenoxy) is 1. The molecule has 1 heterocycles. The molecule has 0 unspecified atom stereocenters. The fourth-order valence-electron chi connectivity index (χ4n) is 4.17. The number of aromatic nitrogens is 1. The van der Waals surface area contributed by atoms with Gasteiger partial charge in [-0.15, -0.1) is 11.8 Å². The summed E-state index contributed by atoms with van der Waals surface area (Å²) in [5.41, 5.74) is 4.24. The summed E-state index contributed by atoms with van der Waals surface area (Å²) >= 11 is 10.5. The Morgan fingerprint density at radius 2 is 1.80 bits per heavy atom. The molecule has 3 nitrogen and oxygen atoms in total. The maximum absolute atomic E-state index is 12.9. The highest BCUT2D eigenvalue weighted by molar-refractivity contribution is 14.1. The first kappa shape index (κ1) is 28.4. The van der Waals surface area contributed by atoms with Gasteiger partial charge in [0.05, 0.1) is 17.0 Å². The van der Waals surface area contributed by atoms with E-state index in [1.807, 2.05) is 38.6 Å². The Morgan fingerprint density at radius 3 is 2.37 bits per heavy atom. The molecule has 3 aromatic rings. The summed E-state index contributed by atoms with van der Waals surface area (Å²) < 4.78 is 8.92. The average Bonchev–Trinajstić information content (AvgIpc) is 3.01. The zero-order valence-electron chi connectivity index (χ0n) is 22.1. The fraction of sp³-hybridized carbons (Fsp3) is 0.483. The van der Waals surface area contributed by atoms with Crippen LogP contribution in [0, 0.1) is 8.99 Å². The van der Waals surface area contributed by atoms with E-state index in [0.29, 0.717) is 25.5 Å². The number of hydrogen-bond acceptors (Lipinski definition) is 3. The topological polar surface area (TPSA) is 31.2 Å². The van der Waals surface area contributed by atoms with Crippen molar-refractivity contribution < 1.29 is 9.53 Å². The van der Waals surface area contributed by atoms with E-state index in [9.17, 15) is 4.79 Å². The van der Waals surface area contributed by atoms with Crippen LogP contribution in [0.4, 0.5) is 0 Å². The van der Waals surface area contributed by atoms with Crippen LogP contribution in [0.1, 0.15) is 78.1 Å². The van der Waals surface area contributed by atoms with Crippen molar-refractivity contribution in [3.63, 3.8) is 0 Å².